The number of hydrogen-bond donors (Lipinski definition) is 1. The third-order valence-corrected chi connectivity index (χ3v) is 1.41. The summed E-state index contributed by atoms with van der Waals surface area (Å²) in [6.45, 7) is 5.95. The number of nitrogens with two attached hydrogens (primary N) is 1. The molecule has 0 rings (SSSR count). The summed E-state index contributed by atoms with van der Waals surface area (Å²) in [6, 6.07) is 0. The predicted octanol–water partition coefficient (Wildman–Crippen LogP) is 0.881. The summed E-state index contributed by atoms with van der Waals surface area (Å²) in [6.07, 6.45) is 2.43. The lowest BCUT2D eigenvalue weighted by molar-refractivity contribution is -0.128. The summed E-state index contributed by atoms with van der Waals surface area (Å²) < 4.78 is 5.10. The van der Waals surface area contributed by atoms with Crippen molar-refractivity contribution < 1.29 is 9.53 Å². The first-order chi connectivity index (χ1) is 5.18. The number of carbonyl (C=O) groups is 1. The van der Waals surface area contributed by atoms with E-state index in [0.29, 0.717) is 6.61 Å². The summed E-state index contributed by atoms with van der Waals surface area (Å²) in [5, 5.41) is 0. The molecular formula is C8H16NO2. The number of carbonyl (C=O) groups excluding carboxylic acids is 1. The highest BCUT2D eigenvalue weighted by Crippen LogP contribution is 1.96. The van der Waals surface area contributed by atoms with Crippen molar-refractivity contribution in [1.29, 1.82) is 0 Å². The van der Waals surface area contributed by atoms with Crippen LogP contribution in [-0.2, 0) is 9.53 Å². The Kier molecular flexibility index (Phi) is 5.84. The first-order valence-electron chi connectivity index (χ1n) is 3.88. The molecule has 0 spiro atoms. The van der Waals surface area contributed by atoms with Crippen LogP contribution in [0.15, 0.2) is 0 Å². The van der Waals surface area contributed by atoms with Gasteiger partial charge in [-0.05, 0) is 13.3 Å². The van der Waals surface area contributed by atoms with Gasteiger partial charge in [-0.2, -0.15) is 0 Å². The SMILES string of the molecule is [CH2]CCCCOC(C)C(N)=O. The van der Waals surface area contributed by atoms with Crippen LogP contribution in [0.1, 0.15) is 26.2 Å². The van der Waals surface area contributed by atoms with Crippen LogP contribution in [-0.4, -0.2) is 18.6 Å². The van der Waals surface area contributed by atoms with Gasteiger partial charge in [0.25, 0.3) is 0 Å². The van der Waals surface area contributed by atoms with E-state index in [1.165, 1.54) is 0 Å². The topological polar surface area (TPSA) is 52.3 Å². The molecule has 2 N–H and O–H groups in total. The molecule has 0 saturated carbocycles. The minimum atomic E-state index is -0.459. The summed E-state index contributed by atoms with van der Waals surface area (Å²) in [7, 11) is 0. The van der Waals surface area contributed by atoms with Gasteiger partial charge in [-0.3, -0.25) is 4.79 Å². The van der Waals surface area contributed by atoms with E-state index in [4.69, 9.17) is 10.5 Å². The van der Waals surface area contributed by atoms with Crippen molar-refractivity contribution in [2.45, 2.75) is 32.3 Å². The number of unbranched alkanes of at least 4 members (excludes halogenated alkanes) is 2. The number of ether oxygens (including phenoxy) is 1. The first kappa shape index (κ1) is 10.4. The van der Waals surface area contributed by atoms with Crippen LogP contribution in [0.4, 0.5) is 0 Å². The van der Waals surface area contributed by atoms with E-state index in [9.17, 15) is 4.79 Å². The molecule has 0 aromatic rings. The maximum Gasteiger partial charge on any atom is 0.246 e. The molecule has 0 aliphatic heterocycles. The fourth-order valence-electron chi connectivity index (χ4n) is 0.621. The Morgan fingerprint density at radius 2 is 2.27 bits per heavy atom. The minimum absolute atomic E-state index is 0.403. The highest BCUT2D eigenvalue weighted by Gasteiger charge is 2.06. The molecule has 1 amide bonds. The molecule has 1 unspecified atom stereocenters. The zero-order chi connectivity index (χ0) is 8.69. The van der Waals surface area contributed by atoms with Crippen molar-refractivity contribution >= 4 is 5.91 Å². The summed E-state index contributed by atoms with van der Waals surface area (Å²) in [4.78, 5) is 10.4. The van der Waals surface area contributed by atoms with Crippen LogP contribution >= 0.6 is 0 Å². The van der Waals surface area contributed by atoms with Gasteiger partial charge in [-0.1, -0.05) is 19.8 Å². The van der Waals surface area contributed by atoms with Gasteiger partial charge in [0.2, 0.25) is 5.91 Å². The van der Waals surface area contributed by atoms with Gasteiger partial charge in [0, 0.05) is 6.61 Å². The zero-order valence-electron chi connectivity index (χ0n) is 7.01. The predicted molar refractivity (Wildman–Crippen MR) is 43.8 cm³/mol. The molecule has 1 radical (unpaired) electrons. The number of amides is 1. The molecule has 3 nitrogen and oxygen atoms in total. The summed E-state index contributed by atoms with van der Waals surface area (Å²) >= 11 is 0. The molecule has 0 fully saturated rings. The molecule has 0 saturated heterocycles. The van der Waals surface area contributed by atoms with Gasteiger partial charge < -0.3 is 10.5 Å². The molecule has 11 heavy (non-hydrogen) atoms. The Labute approximate surface area is 67.9 Å². The average molecular weight is 158 g/mol. The number of primary amides is 1. The van der Waals surface area contributed by atoms with Crippen molar-refractivity contribution in [3.63, 3.8) is 0 Å². The summed E-state index contributed by atoms with van der Waals surface area (Å²) in [5.41, 5.74) is 4.97. The van der Waals surface area contributed by atoms with Crippen molar-refractivity contribution in [2.24, 2.45) is 5.73 Å². The van der Waals surface area contributed by atoms with E-state index >= 15 is 0 Å². The van der Waals surface area contributed by atoms with Gasteiger partial charge >= 0.3 is 0 Å². The average Bonchev–Trinajstić information content (AvgIpc) is 1.97. The van der Waals surface area contributed by atoms with Gasteiger partial charge in [0.05, 0.1) is 0 Å². The first-order valence-corrected chi connectivity index (χ1v) is 3.88. The number of hydrogen-bond acceptors (Lipinski definition) is 2. The lowest BCUT2D eigenvalue weighted by Crippen LogP contribution is -2.28. The molecule has 1 atom stereocenters. The highest BCUT2D eigenvalue weighted by atomic mass is 16.5. The summed E-state index contributed by atoms with van der Waals surface area (Å²) in [5.74, 6) is -0.403. The van der Waals surface area contributed by atoms with E-state index in [0.717, 1.165) is 19.3 Å². The Bertz CT molecular complexity index is 115. The van der Waals surface area contributed by atoms with E-state index < -0.39 is 12.0 Å². The van der Waals surface area contributed by atoms with Crippen LogP contribution in [0.2, 0.25) is 0 Å². The Hall–Kier alpha value is -0.570. The van der Waals surface area contributed by atoms with Crippen LogP contribution < -0.4 is 5.73 Å². The van der Waals surface area contributed by atoms with Gasteiger partial charge in [0.15, 0.2) is 0 Å². The second-order valence-corrected chi connectivity index (χ2v) is 2.48. The molecule has 0 aromatic carbocycles. The second kappa shape index (κ2) is 6.16. The van der Waals surface area contributed by atoms with E-state index in [1.54, 1.807) is 6.92 Å². The van der Waals surface area contributed by atoms with Crippen LogP contribution in [0.25, 0.3) is 0 Å². The maximum absolute atomic E-state index is 10.4. The second-order valence-electron chi connectivity index (χ2n) is 2.48. The quantitative estimate of drug-likeness (QED) is 0.583. The fraction of sp³-hybridized carbons (Fsp3) is 0.750. The molecule has 0 aromatic heterocycles. The molecule has 3 heteroatoms. The van der Waals surface area contributed by atoms with Gasteiger partial charge in [0.1, 0.15) is 6.10 Å². The fourth-order valence-corrected chi connectivity index (χ4v) is 0.621. The molecule has 65 valence electrons. The molecule has 0 heterocycles. The van der Waals surface area contributed by atoms with Gasteiger partial charge in [-0.25, -0.2) is 0 Å². The normalized spacial score (nSPS) is 12.9. The zero-order valence-corrected chi connectivity index (χ0v) is 7.01. The highest BCUT2D eigenvalue weighted by molar-refractivity contribution is 5.78. The van der Waals surface area contributed by atoms with E-state index in [-0.39, 0.29) is 0 Å². The van der Waals surface area contributed by atoms with Crippen LogP contribution in [0, 0.1) is 6.92 Å². The minimum Gasteiger partial charge on any atom is -0.369 e. The van der Waals surface area contributed by atoms with Crippen molar-refractivity contribution in [3.05, 3.63) is 6.92 Å². The van der Waals surface area contributed by atoms with Crippen molar-refractivity contribution in [3.8, 4) is 0 Å². The van der Waals surface area contributed by atoms with E-state index in [1.807, 2.05) is 0 Å². The Balaban J connectivity index is 3.17. The maximum atomic E-state index is 10.4. The van der Waals surface area contributed by atoms with Crippen molar-refractivity contribution in [2.75, 3.05) is 6.61 Å². The lowest BCUT2D eigenvalue weighted by Gasteiger charge is -2.07. The number of rotatable bonds is 6. The largest absolute Gasteiger partial charge is 0.369 e. The van der Waals surface area contributed by atoms with Crippen LogP contribution in [0.3, 0.4) is 0 Å². The molecule has 0 bridgehead atoms. The molecule has 0 aliphatic carbocycles. The monoisotopic (exact) mass is 158 g/mol. The van der Waals surface area contributed by atoms with Crippen LogP contribution in [0.5, 0.6) is 0 Å². The lowest BCUT2D eigenvalue weighted by atomic mass is 10.3. The van der Waals surface area contributed by atoms with E-state index in [2.05, 4.69) is 6.92 Å². The molecular weight excluding hydrogens is 142 g/mol. The smallest absolute Gasteiger partial charge is 0.246 e. The third-order valence-electron chi connectivity index (χ3n) is 1.41. The van der Waals surface area contributed by atoms with Gasteiger partial charge in [-0.15, -0.1) is 0 Å². The third kappa shape index (κ3) is 5.85. The Morgan fingerprint density at radius 1 is 1.64 bits per heavy atom. The molecule has 0 aliphatic rings. The van der Waals surface area contributed by atoms with Crippen molar-refractivity contribution in [1.82, 2.24) is 0 Å². The standard InChI is InChI=1S/C8H16NO2/c1-3-4-5-6-11-7(2)8(9)10/h7H,1,3-6H2,2H3,(H2,9,10). The Morgan fingerprint density at radius 3 is 2.73 bits per heavy atom.